The molecule has 0 aromatic carbocycles. The Morgan fingerprint density at radius 2 is 2.32 bits per heavy atom. The third-order valence-corrected chi connectivity index (χ3v) is 2.99. The SMILES string of the molecule is COc1ccc(C(=O)NC2(C(=O)O)CCOC2)cn1. The summed E-state index contributed by atoms with van der Waals surface area (Å²) in [4.78, 5) is 27.2. The molecule has 7 nitrogen and oxygen atoms in total. The topological polar surface area (TPSA) is 97.8 Å². The third-order valence-electron chi connectivity index (χ3n) is 2.99. The van der Waals surface area contributed by atoms with Crippen molar-refractivity contribution in [1.82, 2.24) is 10.3 Å². The number of pyridine rings is 1. The van der Waals surface area contributed by atoms with Gasteiger partial charge in [0.1, 0.15) is 0 Å². The summed E-state index contributed by atoms with van der Waals surface area (Å²) in [6.07, 6.45) is 1.58. The molecule has 0 radical (unpaired) electrons. The average molecular weight is 266 g/mol. The highest BCUT2D eigenvalue weighted by Crippen LogP contribution is 2.20. The summed E-state index contributed by atoms with van der Waals surface area (Å²) in [5.74, 6) is -1.21. The standard InChI is InChI=1S/C12H14N2O5/c1-18-9-3-2-8(6-13-9)10(15)14-12(11(16)17)4-5-19-7-12/h2-3,6H,4-5,7H2,1H3,(H,14,15)(H,16,17). The van der Waals surface area contributed by atoms with Crippen molar-refractivity contribution in [1.29, 1.82) is 0 Å². The minimum absolute atomic E-state index is 0.0301. The van der Waals surface area contributed by atoms with Crippen molar-refractivity contribution in [3.05, 3.63) is 23.9 Å². The summed E-state index contributed by atoms with van der Waals surface area (Å²) in [5, 5.41) is 11.7. The molecule has 1 unspecified atom stereocenters. The number of carboxylic acid groups (broad SMARTS) is 1. The lowest BCUT2D eigenvalue weighted by molar-refractivity contribution is -0.144. The van der Waals surface area contributed by atoms with E-state index in [0.717, 1.165) is 0 Å². The lowest BCUT2D eigenvalue weighted by Crippen LogP contribution is -2.55. The van der Waals surface area contributed by atoms with Crippen molar-refractivity contribution in [2.75, 3.05) is 20.3 Å². The van der Waals surface area contributed by atoms with E-state index in [-0.39, 0.29) is 18.6 Å². The molecule has 0 saturated carbocycles. The maximum absolute atomic E-state index is 12.0. The second-order valence-corrected chi connectivity index (χ2v) is 4.23. The molecule has 2 heterocycles. The van der Waals surface area contributed by atoms with E-state index in [1.54, 1.807) is 0 Å². The molecular formula is C12H14N2O5. The van der Waals surface area contributed by atoms with Gasteiger partial charge in [-0.3, -0.25) is 4.79 Å². The highest BCUT2D eigenvalue weighted by Gasteiger charge is 2.44. The molecule has 1 atom stereocenters. The number of aromatic nitrogens is 1. The molecule has 1 aromatic heterocycles. The Balaban J connectivity index is 2.13. The zero-order chi connectivity index (χ0) is 13.9. The van der Waals surface area contributed by atoms with E-state index in [2.05, 4.69) is 10.3 Å². The van der Waals surface area contributed by atoms with Crippen LogP contribution >= 0.6 is 0 Å². The van der Waals surface area contributed by atoms with Crippen LogP contribution in [0.25, 0.3) is 0 Å². The number of carbonyl (C=O) groups excluding carboxylic acids is 1. The van der Waals surface area contributed by atoms with E-state index in [1.165, 1.54) is 25.4 Å². The fourth-order valence-electron chi connectivity index (χ4n) is 1.81. The van der Waals surface area contributed by atoms with E-state index in [1.807, 2.05) is 0 Å². The van der Waals surface area contributed by atoms with Gasteiger partial charge in [-0.15, -0.1) is 0 Å². The summed E-state index contributed by atoms with van der Waals surface area (Å²) in [6.45, 7) is 0.283. The number of carbonyl (C=O) groups is 2. The molecular weight excluding hydrogens is 252 g/mol. The smallest absolute Gasteiger partial charge is 0.331 e. The first kappa shape index (κ1) is 13.3. The molecule has 1 aliphatic heterocycles. The maximum atomic E-state index is 12.0. The van der Waals surface area contributed by atoms with Gasteiger partial charge < -0.3 is 19.9 Å². The van der Waals surface area contributed by atoms with Crippen molar-refractivity contribution < 1.29 is 24.2 Å². The van der Waals surface area contributed by atoms with Gasteiger partial charge in [-0.05, 0) is 6.07 Å². The van der Waals surface area contributed by atoms with Gasteiger partial charge in [0.25, 0.3) is 5.91 Å². The molecule has 7 heteroatoms. The van der Waals surface area contributed by atoms with E-state index in [0.29, 0.717) is 12.5 Å². The predicted octanol–water partition coefficient (Wildman–Crippen LogP) is 0.0637. The normalized spacial score (nSPS) is 21.9. The fraction of sp³-hybridized carbons (Fsp3) is 0.417. The largest absolute Gasteiger partial charge is 0.481 e. The summed E-state index contributed by atoms with van der Waals surface area (Å²) >= 11 is 0. The summed E-state index contributed by atoms with van der Waals surface area (Å²) in [6, 6.07) is 3.06. The molecule has 1 aliphatic rings. The number of carboxylic acids is 1. The van der Waals surface area contributed by atoms with Crippen molar-refractivity contribution in [2.24, 2.45) is 0 Å². The molecule has 2 rings (SSSR count). The van der Waals surface area contributed by atoms with Crippen LogP contribution in [0.1, 0.15) is 16.8 Å². The number of methoxy groups -OCH3 is 1. The Hall–Kier alpha value is -2.15. The molecule has 0 spiro atoms. The van der Waals surface area contributed by atoms with Gasteiger partial charge in [0.05, 0.1) is 19.3 Å². The molecule has 102 valence electrons. The average Bonchev–Trinajstić information content (AvgIpc) is 2.88. The quantitative estimate of drug-likeness (QED) is 0.800. The number of ether oxygens (including phenoxy) is 2. The van der Waals surface area contributed by atoms with Crippen LogP contribution in [0.5, 0.6) is 5.88 Å². The number of hydrogen-bond donors (Lipinski definition) is 2. The van der Waals surface area contributed by atoms with Crippen LogP contribution in [0, 0.1) is 0 Å². The minimum atomic E-state index is -1.35. The Bertz CT molecular complexity index is 479. The van der Waals surface area contributed by atoms with Gasteiger partial charge in [0.2, 0.25) is 5.88 Å². The van der Waals surface area contributed by atoms with Crippen LogP contribution in [-0.2, 0) is 9.53 Å². The molecule has 2 N–H and O–H groups in total. The molecule has 1 saturated heterocycles. The molecule has 19 heavy (non-hydrogen) atoms. The van der Waals surface area contributed by atoms with E-state index in [9.17, 15) is 14.7 Å². The zero-order valence-corrected chi connectivity index (χ0v) is 10.4. The molecule has 1 fully saturated rings. The first-order valence-electron chi connectivity index (χ1n) is 5.71. The van der Waals surface area contributed by atoms with Gasteiger partial charge in [-0.2, -0.15) is 0 Å². The second-order valence-electron chi connectivity index (χ2n) is 4.23. The Morgan fingerprint density at radius 3 is 2.79 bits per heavy atom. The number of amides is 1. The summed E-state index contributed by atoms with van der Waals surface area (Å²) < 4.78 is 9.95. The number of nitrogens with one attached hydrogen (secondary N) is 1. The Kier molecular flexibility index (Phi) is 3.66. The molecule has 1 aromatic rings. The highest BCUT2D eigenvalue weighted by atomic mass is 16.5. The van der Waals surface area contributed by atoms with Gasteiger partial charge in [0, 0.05) is 25.3 Å². The Morgan fingerprint density at radius 1 is 1.53 bits per heavy atom. The first-order chi connectivity index (χ1) is 9.07. The van der Waals surface area contributed by atoms with Crippen LogP contribution in [0.3, 0.4) is 0 Å². The second kappa shape index (κ2) is 5.23. The van der Waals surface area contributed by atoms with Crippen molar-refractivity contribution in [3.8, 4) is 5.88 Å². The summed E-state index contributed by atoms with van der Waals surface area (Å²) in [7, 11) is 1.47. The van der Waals surface area contributed by atoms with Crippen molar-refractivity contribution in [2.45, 2.75) is 12.0 Å². The molecule has 0 aliphatic carbocycles. The van der Waals surface area contributed by atoms with Crippen LogP contribution in [0.2, 0.25) is 0 Å². The van der Waals surface area contributed by atoms with Crippen molar-refractivity contribution in [3.63, 3.8) is 0 Å². The number of aliphatic carboxylic acids is 1. The number of rotatable bonds is 4. The predicted molar refractivity (Wildman–Crippen MR) is 64.1 cm³/mol. The lowest BCUT2D eigenvalue weighted by atomic mass is 9.98. The van der Waals surface area contributed by atoms with Gasteiger partial charge in [-0.25, -0.2) is 9.78 Å². The third kappa shape index (κ3) is 2.65. The Labute approximate surface area is 109 Å². The minimum Gasteiger partial charge on any atom is -0.481 e. The van der Waals surface area contributed by atoms with Crippen LogP contribution < -0.4 is 10.1 Å². The van der Waals surface area contributed by atoms with Gasteiger partial charge >= 0.3 is 5.97 Å². The van der Waals surface area contributed by atoms with Crippen LogP contribution in [0.4, 0.5) is 0 Å². The van der Waals surface area contributed by atoms with E-state index in [4.69, 9.17) is 9.47 Å². The van der Waals surface area contributed by atoms with Crippen molar-refractivity contribution >= 4 is 11.9 Å². The first-order valence-corrected chi connectivity index (χ1v) is 5.71. The molecule has 1 amide bonds. The summed E-state index contributed by atoms with van der Waals surface area (Å²) in [5.41, 5.74) is -1.08. The zero-order valence-electron chi connectivity index (χ0n) is 10.4. The maximum Gasteiger partial charge on any atom is 0.331 e. The van der Waals surface area contributed by atoms with E-state index < -0.39 is 17.4 Å². The van der Waals surface area contributed by atoms with E-state index >= 15 is 0 Å². The monoisotopic (exact) mass is 266 g/mol. The fourth-order valence-corrected chi connectivity index (χ4v) is 1.81. The van der Waals surface area contributed by atoms with Gasteiger partial charge in [0.15, 0.2) is 5.54 Å². The number of nitrogens with zero attached hydrogens (tertiary/aromatic N) is 1. The van der Waals surface area contributed by atoms with Crippen LogP contribution in [-0.4, -0.2) is 47.8 Å². The van der Waals surface area contributed by atoms with Crippen LogP contribution in [0.15, 0.2) is 18.3 Å². The highest BCUT2D eigenvalue weighted by molar-refractivity contribution is 5.97. The van der Waals surface area contributed by atoms with Gasteiger partial charge in [-0.1, -0.05) is 0 Å². The lowest BCUT2D eigenvalue weighted by Gasteiger charge is -2.23. The molecule has 0 bridgehead atoms. The number of hydrogen-bond acceptors (Lipinski definition) is 5.